The molecule has 0 heterocycles. The van der Waals surface area contributed by atoms with Gasteiger partial charge in [-0.15, -0.1) is 0 Å². The molecule has 0 aliphatic heterocycles. The minimum atomic E-state index is 1.00. The molecular weight excluding hydrogens is 296 g/mol. The summed E-state index contributed by atoms with van der Waals surface area (Å²) in [4.78, 5) is 0. The first-order chi connectivity index (χ1) is 9.40. The molecule has 2 aromatic rings. The second-order valence-corrected chi connectivity index (χ2v) is 5.40. The predicted octanol–water partition coefficient (Wildman–Crippen LogP) is 3.35. The molecule has 0 aromatic heterocycles. The van der Waals surface area contributed by atoms with Crippen LogP contribution in [0.2, 0.25) is 0 Å². The summed E-state index contributed by atoms with van der Waals surface area (Å²) >= 11 is 3.50. The van der Waals surface area contributed by atoms with Crippen LogP contribution >= 0.6 is 15.9 Å². The van der Waals surface area contributed by atoms with E-state index < -0.39 is 0 Å². The summed E-state index contributed by atoms with van der Waals surface area (Å²) in [5.74, 6) is 0. The predicted molar refractivity (Wildman–Crippen MR) is 86.2 cm³/mol. The number of hydrogen-bond donors (Lipinski definition) is 0. The summed E-state index contributed by atoms with van der Waals surface area (Å²) in [6, 6.07) is 15.1. The van der Waals surface area contributed by atoms with Crippen LogP contribution in [0.25, 0.3) is 18.2 Å². The second-order valence-electron chi connectivity index (χ2n) is 4.61. The zero-order chi connectivity index (χ0) is 13.1. The lowest BCUT2D eigenvalue weighted by Crippen LogP contribution is -2.10. The van der Waals surface area contributed by atoms with Gasteiger partial charge in [-0.3, -0.25) is 0 Å². The molecule has 94 valence electrons. The Morgan fingerprint density at radius 2 is 1.89 bits per heavy atom. The average Bonchev–Trinajstić information content (AvgIpc) is 2.64. The van der Waals surface area contributed by atoms with Gasteiger partial charge in [-0.2, -0.15) is 0 Å². The van der Waals surface area contributed by atoms with Crippen molar-refractivity contribution in [1.82, 2.24) is 0 Å². The number of hydrogen-bond acceptors (Lipinski definition) is 0. The van der Waals surface area contributed by atoms with Crippen LogP contribution in [-0.2, 0) is 0 Å². The number of allylic oxidation sites excluding steroid dienone is 1. The van der Waals surface area contributed by atoms with Gasteiger partial charge in [-0.1, -0.05) is 82.7 Å². The largest absolute Gasteiger partial charge is 0.0925 e. The molecular formula is C18H15Br. The third-order valence-corrected chi connectivity index (χ3v) is 3.84. The van der Waals surface area contributed by atoms with Crippen LogP contribution in [0.5, 0.6) is 0 Å². The highest BCUT2D eigenvalue weighted by molar-refractivity contribution is 9.09. The van der Waals surface area contributed by atoms with Crippen molar-refractivity contribution in [2.75, 3.05) is 5.33 Å². The smallest absolute Gasteiger partial charge is 0.00662 e. The highest BCUT2D eigenvalue weighted by Gasteiger charge is 1.98. The van der Waals surface area contributed by atoms with Crippen molar-refractivity contribution in [3.63, 3.8) is 0 Å². The summed E-state index contributed by atoms with van der Waals surface area (Å²) in [6.07, 6.45) is 9.87. The fourth-order valence-corrected chi connectivity index (χ4v) is 2.77. The van der Waals surface area contributed by atoms with Crippen molar-refractivity contribution >= 4 is 34.2 Å². The minimum Gasteiger partial charge on any atom is -0.0925 e. The summed E-state index contributed by atoms with van der Waals surface area (Å²) in [5, 5.41) is 6.29. The lowest BCUT2D eigenvalue weighted by atomic mass is 10.1. The quantitative estimate of drug-likeness (QED) is 0.746. The van der Waals surface area contributed by atoms with Crippen molar-refractivity contribution in [3.8, 4) is 0 Å². The highest BCUT2D eigenvalue weighted by Crippen LogP contribution is 2.06. The molecule has 1 aliphatic rings. The van der Waals surface area contributed by atoms with Crippen LogP contribution in [0.4, 0.5) is 0 Å². The molecule has 1 aliphatic carbocycles. The van der Waals surface area contributed by atoms with Crippen LogP contribution in [0.15, 0.2) is 48.5 Å². The van der Waals surface area contributed by atoms with E-state index in [1.807, 2.05) is 0 Å². The number of benzene rings is 2. The van der Waals surface area contributed by atoms with Crippen LogP contribution < -0.4 is 10.4 Å². The molecule has 0 radical (unpaired) electrons. The van der Waals surface area contributed by atoms with Gasteiger partial charge in [0.1, 0.15) is 0 Å². The van der Waals surface area contributed by atoms with Gasteiger partial charge in [0.2, 0.25) is 0 Å². The van der Waals surface area contributed by atoms with Crippen molar-refractivity contribution in [2.24, 2.45) is 0 Å². The Morgan fingerprint density at radius 1 is 1.00 bits per heavy atom. The Balaban J connectivity index is 2.57. The molecule has 0 nitrogen and oxygen atoms in total. The number of fused-ring (bicyclic) bond motifs is 2. The van der Waals surface area contributed by atoms with E-state index in [0.717, 1.165) is 11.8 Å². The summed E-state index contributed by atoms with van der Waals surface area (Å²) in [6.45, 7) is 0. The zero-order valence-electron chi connectivity index (χ0n) is 10.6. The lowest BCUT2D eigenvalue weighted by Gasteiger charge is -1.98. The van der Waals surface area contributed by atoms with Crippen molar-refractivity contribution in [3.05, 3.63) is 75.0 Å². The van der Waals surface area contributed by atoms with Crippen LogP contribution in [0.3, 0.4) is 0 Å². The molecule has 0 fully saturated rings. The number of alkyl halides is 1. The molecule has 1 heteroatoms. The minimum absolute atomic E-state index is 1.00. The molecule has 0 N–H and O–H groups in total. The second kappa shape index (κ2) is 5.58. The molecule has 0 unspecified atom stereocenters. The Kier molecular flexibility index (Phi) is 3.65. The van der Waals surface area contributed by atoms with Crippen LogP contribution in [0.1, 0.15) is 12.0 Å². The van der Waals surface area contributed by atoms with Gasteiger partial charge in [0.15, 0.2) is 0 Å². The SMILES string of the molecule is BrCCC=c1cccc2c1=c1ccccc1=CC=C2. The van der Waals surface area contributed by atoms with Gasteiger partial charge < -0.3 is 0 Å². The molecule has 0 amide bonds. The van der Waals surface area contributed by atoms with E-state index in [-0.39, 0.29) is 0 Å². The van der Waals surface area contributed by atoms with E-state index in [1.165, 1.54) is 26.4 Å². The van der Waals surface area contributed by atoms with Crippen LogP contribution in [0, 0.1) is 10.4 Å². The van der Waals surface area contributed by atoms with E-state index >= 15 is 0 Å². The van der Waals surface area contributed by atoms with E-state index in [1.54, 1.807) is 0 Å². The molecule has 0 saturated heterocycles. The Bertz CT molecular complexity index is 829. The van der Waals surface area contributed by atoms with E-state index in [9.17, 15) is 0 Å². The van der Waals surface area contributed by atoms with Gasteiger partial charge >= 0.3 is 0 Å². The first-order valence-corrected chi connectivity index (χ1v) is 7.65. The van der Waals surface area contributed by atoms with Gasteiger partial charge in [-0.25, -0.2) is 0 Å². The fourth-order valence-electron chi connectivity index (χ4n) is 2.54. The molecule has 3 rings (SSSR count). The molecule has 19 heavy (non-hydrogen) atoms. The average molecular weight is 311 g/mol. The van der Waals surface area contributed by atoms with E-state index in [4.69, 9.17) is 0 Å². The topological polar surface area (TPSA) is 0 Å². The fraction of sp³-hybridized carbons (Fsp3) is 0.111. The monoisotopic (exact) mass is 310 g/mol. The summed E-state index contributed by atoms with van der Waals surface area (Å²) in [5.41, 5.74) is 1.30. The standard InChI is InChI=1S/C18H15Br/c19-13-5-11-16-10-4-9-15-8-3-7-14-6-1-2-12-17(14)18(15)16/h1-4,6-12H,5,13H2. The Morgan fingerprint density at radius 3 is 2.79 bits per heavy atom. The first-order valence-electron chi connectivity index (χ1n) is 6.53. The van der Waals surface area contributed by atoms with Crippen molar-refractivity contribution < 1.29 is 0 Å². The third-order valence-electron chi connectivity index (χ3n) is 3.38. The summed E-state index contributed by atoms with van der Waals surface area (Å²) < 4.78 is 0. The highest BCUT2D eigenvalue weighted by atomic mass is 79.9. The zero-order valence-corrected chi connectivity index (χ0v) is 12.2. The van der Waals surface area contributed by atoms with Crippen molar-refractivity contribution in [1.29, 1.82) is 0 Å². The van der Waals surface area contributed by atoms with Gasteiger partial charge in [-0.05, 0) is 32.9 Å². The maximum Gasteiger partial charge on any atom is 0.00662 e. The molecule has 0 spiro atoms. The van der Waals surface area contributed by atoms with E-state index in [2.05, 4.69) is 82.7 Å². The third kappa shape index (κ3) is 2.43. The first kappa shape index (κ1) is 12.4. The molecule has 0 saturated carbocycles. The molecule has 2 aromatic carbocycles. The van der Waals surface area contributed by atoms with E-state index in [0.29, 0.717) is 0 Å². The molecule has 0 atom stereocenters. The van der Waals surface area contributed by atoms with Crippen molar-refractivity contribution in [2.45, 2.75) is 6.42 Å². The lowest BCUT2D eigenvalue weighted by molar-refractivity contribution is 1.30. The Labute approximate surface area is 121 Å². The normalized spacial score (nSPS) is 13.4. The van der Waals surface area contributed by atoms with Crippen LogP contribution in [-0.4, -0.2) is 5.33 Å². The van der Waals surface area contributed by atoms with Gasteiger partial charge in [0, 0.05) is 5.33 Å². The maximum absolute atomic E-state index is 3.50. The van der Waals surface area contributed by atoms with Gasteiger partial charge in [0.05, 0.1) is 0 Å². The Hall–Kier alpha value is -1.60. The number of halogens is 1. The summed E-state index contributed by atoms with van der Waals surface area (Å²) in [7, 11) is 0. The number of rotatable bonds is 2. The maximum atomic E-state index is 3.50. The molecule has 0 bridgehead atoms. The van der Waals surface area contributed by atoms with Gasteiger partial charge in [0.25, 0.3) is 0 Å².